The molecule has 1 fully saturated rings. The number of thioether (sulfide) groups is 1. The van der Waals surface area contributed by atoms with Crippen LogP contribution in [0.5, 0.6) is 5.75 Å². The molecule has 28 heavy (non-hydrogen) atoms. The zero-order valence-corrected chi connectivity index (χ0v) is 16.5. The molecule has 2 heterocycles. The maximum Gasteiger partial charge on any atom is 0.264 e. The van der Waals surface area contributed by atoms with Crippen molar-refractivity contribution in [2.45, 2.75) is 6.92 Å². The van der Waals surface area contributed by atoms with E-state index in [4.69, 9.17) is 11.6 Å². The number of carbonyl (C=O) groups excluding carboxylic acids is 1. The molecule has 0 aliphatic carbocycles. The number of rotatable bonds is 3. The number of aromatic nitrogens is 1. The molecule has 2 aromatic carbocycles. The van der Waals surface area contributed by atoms with E-state index in [1.807, 2.05) is 66.2 Å². The van der Waals surface area contributed by atoms with Crippen LogP contribution in [0.2, 0.25) is 5.02 Å². The first-order chi connectivity index (χ1) is 13.5. The van der Waals surface area contributed by atoms with Crippen molar-refractivity contribution in [1.29, 1.82) is 0 Å². The van der Waals surface area contributed by atoms with Crippen molar-refractivity contribution >= 4 is 46.2 Å². The summed E-state index contributed by atoms with van der Waals surface area (Å²) >= 11 is 7.43. The molecule has 0 saturated carbocycles. The van der Waals surface area contributed by atoms with Crippen LogP contribution in [0.15, 0.2) is 70.7 Å². The number of aliphatic imine (C=N–C) groups is 1. The van der Waals surface area contributed by atoms with E-state index in [0.717, 1.165) is 22.6 Å². The highest BCUT2D eigenvalue weighted by Crippen LogP contribution is 2.31. The van der Waals surface area contributed by atoms with Crippen LogP contribution in [-0.4, -0.2) is 20.7 Å². The predicted molar refractivity (Wildman–Crippen MR) is 114 cm³/mol. The van der Waals surface area contributed by atoms with Gasteiger partial charge in [-0.2, -0.15) is 0 Å². The summed E-state index contributed by atoms with van der Waals surface area (Å²) < 4.78 is 1.94. The van der Waals surface area contributed by atoms with Crippen LogP contribution in [0.4, 0.5) is 5.69 Å². The summed E-state index contributed by atoms with van der Waals surface area (Å²) in [5.41, 5.74) is 3.33. The Hall–Kier alpha value is -2.96. The second-order valence-electron chi connectivity index (χ2n) is 6.19. The maximum absolute atomic E-state index is 12.4. The number of benzene rings is 2. The molecule has 1 amide bonds. The van der Waals surface area contributed by atoms with Crippen LogP contribution < -0.4 is 5.32 Å². The zero-order chi connectivity index (χ0) is 19.7. The lowest BCUT2D eigenvalue weighted by Crippen LogP contribution is -2.19. The van der Waals surface area contributed by atoms with Gasteiger partial charge in [0.2, 0.25) is 0 Å². The van der Waals surface area contributed by atoms with Crippen molar-refractivity contribution in [3.63, 3.8) is 0 Å². The summed E-state index contributed by atoms with van der Waals surface area (Å²) in [5.74, 6) is 0.0144. The molecule has 5 nitrogen and oxygen atoms in total. The van der Waals surface area contributed by atoms with Gasteiger partial charge in [0, 0.05) is 22.6 Å². The van der Waals surface area contributed by atoms with Gasteiger partial charge in [-0.05, 0) is 78.9 Å². The first-order valence-corrected chi connectivity index (χ1v) is 9.72. The third-order valence-electron chi connectivity index (χ3n) is 4.30. The highest BCUT2D eigenvalue weighted by Gasteiger charge is 2.24. The molecule has 1 saturated heterocycles. The number of halogens is 1. The standard InChI is InChI=1S/C21H16ClN3O2S/c1-13-17(22)5-2-6-18(13)23-21-24-20(27)19(28-21)12-15-4-3-11-25(15)14-7-9-16(26)10-8-14/h2-12,26H,1H3,(H,23,24,27). The van der Waals surface area contributed by atoms with Gasteiger partial charge in [0.1, 0.15) is 5.75 Å². The molecule has 1 aliphatic rings. The van der Waals surface area contributed by atoms with Crippen LogP contribution in [0, 0.1) is 6.92 Å². The quantitative estimate of drug-likeness (QED) is 0.596. The number of nitrogens with one attached hydrogen (secondary N) is 1. The molecule has 3 aromatic rings. The minimum atomic E-state index is -0.193. The molecule has 0 bridgehead atoms. The fourth-order valence-corrected chi connectivity index (χ4v) is 3.79. The van der Waals surface area contributed by atoms with Crippen LogP contribution >= 0.6 is 23.4 Å². The number of nitrogens with zero attached hydrogens (tertiary/aromatic N) is 2. The lowest BCUT2D eigenvalue weighted by Gasteiger charge is -2.07. The van der Waals surface area contributed by atoms with Gasteiger partial charge >= 0.3 is 0 Å². The molecule has 1 aliphatic heterocycles. The highest BCUT2D eigenvalue weighted by atomic mass is 35.5. The SMILES string of the molecule is Cc1c(Cl)cccc1N=C1NC(=O)C(=Cc2cccn2-c2ccc(O)cc2)S1. The Labute approximate surface area is 171 Å². The first-order valence-electron chi connectivity index (χ1n) is 8.53. The van der Waals surface area contributed by atoms with Gasteiger partial charge in [-0.25, -0.2) is 4.99 Å². The second-order valence-corrected chi connectivity index (χ2v) is 7.62. The van der Waals surface area contributed by atoms with E-state index < -0.39 is 0 Å². The van der Waals surface area contributed by atoms with Gasteiger partial charge in [-0.3, -0.25) is 4.79 Å². The maximum atomic E-state index is 12.4. The number of aromatic hydroxyl groups is 1. The van der Waals surface area contributed by atoms with Gasteiger partial charge in [-0.15, -0.1) is 0 Å². The molecule has 0 atom stereocenters. The average Bonchev–Trinajstić information content (AvgIpc) is 3.27. The molecule has 0 unspecified atom stereocenters. The summed E-state index contributed by atoms with van der Waals surface area (Å²) in [6.07, 6.45) is 3.72. The predicted octanol–water partition coefficient (Wildman–Crippen LogP) is 5.04. The molecular weight excluding hydrogens is 394 g/mol. The monoisotopic (exact) mass is 409 g/mol. The average molecular weight is 410 g/mol. The fraction of sp³-hybridized carbons (Fsp3) is 0.0476. The van der Waals surface area contributed by atoms with Crippen LogP contribution in [-0.2, 0) is 4.79 Å². The fourth-order valence-electron chi connectivity index (χ4n) is 2.80. The number of phenolic OH excluding ortho intramolecular Hbond substituents is 1. The highest BCUT2D eigenvalue weighted by molar-refractivity contribution is 8.18. The van der Waals surface area contributed by atoms with E-state index in [-0.39, 0.29) is 11.7 Å². The lowest BCUT2D eigenvalue weighted by molar-refractivity contribution is -0.115. The summed E-state index contributed by atoms with van der Waals surface area (Å²) in [5, 5.41) is 13.4. The van der Waals surface area contributed by atoms with Crippen molar-refractivity contribution in [1.82, 2.24) is 9.88 Å². The molecule has 0 radical (unpaired) electrons. The second kappa shape index (κ2) is 7.58. The lowest BCUT2D eigenvalue weighted by atomic mass is 10.2. The molecular formula is C21H16ClN3O2S. The van der Waals surface area contributed by atoms with E-state index in [0.29, 0.717) is 15.1 Å². The van der Waals surface area contributed by atoms with Crippen molar-refractivity contribution in [2.24, 2.45) is 4.99 Å². The Bertz CT molecular complexity index is 1120. The molecule has 7 heteroatoms. The van der Waals surface area contributed by atoms with Gasteiger partial charge in [0.05, 0.1) is 10.6 Å². The van der Waals surface area contributed by atoms with Gasteiger partial charge < -0.3 is 15.0 Å². The van der Waals surface area contributed by atoms with Gasteiger partial charge in [0.25, 0.3) is 5.91 Å². The number of hydrogen-bond donors (Lipinski definition) is 2. The molecule has 0 spiro atoms. The third-order valence-corrected chi connectivity index (χ3v) is 5.62. The summed E-state index contributed by atoms with van der Waals surface area (Å²) in [4.78, 5) is 17.5. The van der Waals surface area contributed by atoms with Crippen LogP contribution in [0.1, 0.15) is 11.3 Å². The Morgan fingerprint density at radius 3 is 2.71 bits per heavy atom. The third kappa shape index (κ3) is 3.69. The minimum absolute atomic E-state index is 0.193. The van der Waals surface area contributed by atoms with E-state index >= 15 is 0 Å². The number of phenols is 1. The van der Waals surface area contributed by atoms with Gasteiger partial charge in [-0.1, -0.05) is 17.7 Å². The van der Waals surface area contributed by atoms with Crippen LogP contribution in [0.3, 0.4) is 0 Å². The van der Waals surface area contributed by atoms with Crippen molar-refractivity contribution in [3.8, 4) is 11.4 Å². The summed E-state index contributed by atoms with van der Waals surface area (Å²) in [6.45, 7) is 1.89. The molecule has 1 aromatic heterocycles. The topological polar surface area (TPSA) is 66.6 Å². The summed E-state index contributed by atoms with van der Waals surface area (Å²) in [6, 6.07) is 16.2. The van der Waals surface area contributed by atoms with Crippen molar-refractivity contribution in [2.75, 3.05) is 0 Å². The van der Waals surface area contributed by atoms with Crippen LogP contribution in [0.25, 0.3) is 11.8 Å². The Kier molecular flexibility index (Phi) is 4.98. The number of amides is 1. The molecule has 140 valence electrons. The van der Waals surface area contributed by atoms with E-state index in [2.05, 4.69) is 10.3 Å². The van der Waals surface area contributed by atoms with Crippen molar-refractivity contribution in [3.05, 3.63) is 82.0 Å². The molecule has 4 rings (SSSR count). The Balaban J connectivity index is 1.63. The number of amidine groups is 1. The zero-order valence-electron chi connectivity index (χ0n) is 14.9. The first kappa shape index (κ1) is 18.4. The normalized spacial score (nSPS) is 16.7. The van der Waals surface area contributed by atoms with Gasteiger partial charge in [0.15, 0.2) is 5.17 Å². The smallest absolute Gasteiger partial charge is 0.264 e. The van der Waals surface area contributed by atoms with E-state index in [9.17, 15) is 9.90 Å². The summed E-state index contributed by atoms with van der Waals surface area (Å²) in [7, 11) is 0. The Morgan fingerprint density at radius 1 is 1.14 bits per heavy atom. The van der Waals surface area contributed by atoms with E-state index in [1.165, 1.54) is 11.8 Å². The number of hydrogen-bond acceptors (Lipinski definition) is 4. The largest absolute Gasteiger partial charge is 0.508 e. The Morgan fingerprint density at radius 2 is 1.93 bits per heavy atom. The molecule has 2 N–H and O–H groups in total. The van der Waals surface area contributed by atoms with Crippen molar-refractivity contribution < 1.29 is 9.90 Å². The minimum Gasteiger partial charge on any atom is -0.508 e. The van der Waals surface area contributed by atoms with E-state index in [1.54, 1.807) is 12.1 Å². The number of carbonyl (C=O) groups is 1.